The molecular weight excluding hydrogens is 388 g/mol. The lowest BCUT2D eigenvalue weighted by Gasteiger charge is -2.07. The highest BCUT2D eigenvalue weighted by Gasteiger charge is 2.11. The number of ether oxygens (including phenoxy) is 2. The third-order valence-electron chi connectivity index (χ3n) is 5.57. The Balaban J connectivity index is 2.13. The molecule has 0 atom stereocenters. The van der Waals surface area contributed by atoms with E-state index in [0.29, 0.717) is 24.3 Å². The van der Waals surface area contributed by atoms with Gasteiger partial charge in [0, 0.05) is 0 Å². The van der Waals surface area contributed by atoms with Gasteiger partial charge in [0.2, 0.25) is 0 Å². The molecule has 31 heavy (non-hydrogen) atoms. The van der Waals surface area contributed by atoms with Crippen molar-refractivity contribution in [2.45, 2.75) is 110 Å². The molecule has 0 N–H and O–H groups in total. The topological polar surface area (TPSA) is 52.6 Å². The molecule has 0 spiro atoms. The number of esters is 2. The van der Waals surface area contributed by atoms with Crippen molar-refractivity contribution < 1.29 is 19.1 Å². The molecule has 0 aliphatic rings. The molecule has 0 amide bonds. The summed E-state index contributed by atoms with van der Waals surface area (Å²) in [6.45, 7) is 5.35. The standard InChI is InChI=1S/C27H44O4/c1-3-5-7-9-11-13-15-17-23-31-27(29)25-20-18-24(19-21-25)26(28)30-22-16-14-12-10-8-6-4-2/h18-21H,3-17,22-23H2,1-2H3. The summed E-state index contributed by atoms with van der Waals surface area (Å²) >= 11 is 0. The smallest absolute Gasteiger partial charge is 0.338 e. The van der Waals surface area contributed by atoms with E-state index < -0.39 is 0 Å². The van der Waals surface area contributed by atoms with E-state index in [-0.39, 0.29) is 11.9 Å². The highest BCUT2D eigenvalue weighted by atomic mass is 16.5. The van der Waals surface area contributed by atoms with Crippen LogP contribution in [-0.2, 0) is 9.47 Å². The fourth-order valence-corrected chi connectivity index (χ4v) is 3.53. The van der Waals surface area contributed by atoms with Crippen LogP contribution in [-0.4, -0.2) is 25.2 Å². The molecule has 176 valence electrons. The van der Waals surface area contributed by atoms with Gasteiger partial charge in [0.1, 0.15) is 0 Å². The summed E-state index contributed by atoms with van der Waals surface area (Å²) in [6, 6.07) is 6.56. The predicted octanol–water partition coefficient (Wildman–Crippen LogP) is 7.89. The van der Waals surface area contributed by atoms with Gasteiger partial charge in [-0.3, -0.25) is 0 Å². The summed E-state index contributed by atoms with van der Waals surface area (Å²) < 4.78 is 10.7. The zero-order chi connectivity index (χ0) is 22.6. The zero-order valence-electron chi connectivity index (χ0n) is 20.0. The Morgan fingerprint density at radius 1 is 0.516 bits per heavy atom. The van der Waals surface area contributed by atoms with Crippen molar-refractivity contribution in [3.05, 3.63) is 35.4 Å². The maximum absolute atomic E-state index is 12.1. The first-order valence-corrected chi connectivity index (χ1v) is 12.6. The Morgan fingerprint density at radius 2 is 0.806 bits per heavy atom. The van der Waals surface area contributed by atoms with Crippen LogP contribution in [0.3, 0.4) is 0 Å². The van der Waals surface area contributed by atoms with Crippen molar-refractivity contribution >= 4 is 11.9 Å². The first kappa shape index (κ1) is 27.2. The molecule has 0 fully saturated rings. The quantitative estimate of drug-likeness (QED) is 0.165. The first-order valence-electron chi connectivity index (χ1n) is 12.6. The number of hydrogen-bond acceptors (Lipinski definition) is 4. The largest absolute Gasteiger partial charge is 0.462 e. The van der Waals surface area contributed by atoms with E-state index in [1.165, 1.54) is 70.6 Å². The maximum Gasteiger partial charge on any atom is 0.338 e. The second kappa shape index (κ2) is 18.9. The Morgan fingerprint density at radius 3 is 1.13 bits per heavy atom. The molecule has 1 rings (SSSR count). The van der Waals surface area contributed by atoms with Gasteiger partial charge in [-0.05, 0) is 37.1 Å². The molecule has 0 heterocycles. The Bertz CT molecular complexity index is 579. The van der Waals surface area contributed by atoms with E-state index in [1.54, 1.807) is 24.3 Å². The molecule has 0 saturated heterocycles. The van der Waals surface area contributed by atoms with Gasteiger partial charge in [-0.15, -0.1) is 0 Å². The number of hydrogen-bond donors (Lipinski definition) is 0. The van der Waals surface area contributed by atoms with Crippen LogP contribution in [0.2, 0.25) is 0 Å². The number of carbonyl (C=O) groups is 2. The van der Waals surface area contributed by atoms with Crippen molar-refractivity contribution in [3.63, 3.8) is 0 Å². The summed E-state index contributed by atoms with van der Waals surface area (Å²) in [4.78, 5) is 24.2. The summed E-state index contributed by atoms with van der Waals surface area (Å²) in [7, 11) is 0. The van der Waals surface area contributed by atoms with E-state index >= 15 is 0 Å². The lowest BCUT2D eigenvalue weighted by Crippen LogP contribution is -2.09. The summed E-state index contributed by atoms with van der Waals surface area (Å²) in [5, 5.41) is 0. The second-order valence-corrected chi connectivity index (χ2v) is 8.45. The Kier molecular flexibility index (Phi) is 16.6. The van der Waals surface area contributed by atoms with E-state index in [4.69, 9.17) is 9.47 Å². The van der Waals surface area contributed by atoms with Gasteiger partial charge in [0.25, 0.3) is 0 Å². The molecule has 4 heteroatoms. The van der Waals surface area contributed by atoms with Gasteiger partial charge < -0.3 is 9.47 Å². The monoisotopic (exact) mass is 432 g/mol. The molecule has 1 aromatic carbocycles. The van der Waals surface area contributed by atoms with Crippen LogP contribution in [0, 0.1) is 0 Å². The van der Waals surface area contributed by atoms with Gasteiger partial charge in [-0.2, -0.15) is 0 Å². The van der Waals surface area contributed by atoms with Crippen LogP contribution in [0.25, 0.3) is 0 Å². The molecule has 0 aliphatic heterocycles. The average molecular weight is 433 g/mol. The Hall–Kier alpha value is -1.84. The third kappa shape index (κ3) is 14.0. The Labute approximate surface area is 190 Å². The van der Waals surface area contributed by atoms with Crippen LogP contribution in [0.5, 0.6) is 0 Å². The van der Waals surface area contributed by atoms with Crippen molar-refractivity contribution in [1.29, 1.82) is 0 Å². The minimum Gasteiger partial charge on any atom is -0.462 e. The maximum atomic E-state index is 12.1. The molecule has 1 aromatic rings. The molecule has 0 bridgehead atoms. The van der Waals surface area contributed by atoms with Crippen LogP contribution in [0.1, 0.15) is 131 Å². The van der Waals surface area contributed by atoms with Crippen LogP contribution in [0.4, 0.5) is 0 Å². The number of unbranched alkanes of at least 4 members (excludes halogenated alkanes) is 13. The van der Waals surface area contributed by atoms with E-state index in [0.717, 1.165) is 25.7 Å². The van der Waals surface area contributed by atoms with Gasteiger partial charge >= 0.3 is 11.9 Å². The zero-order valence-corrected chi connectivity index (χ0v) is 20.0. The summed E-state index contributed by atoms with van der Waals surface area (Å²) in [5.74, 6) is -0.657. The second-order valence-electron chi connectivity index (χ2n) is 8.45. The summed E-state index contributed by atoms with van der Waals surface area (Å²) in [5.41, 5.74) is 0.950. The van der Waals surface area contributed by atoms with Gasteiger partial charge in [0.05, 0.1) is 24.3 Å². The fraction of sp³-hybridized carbons (Fsp3) is 0.704. The van der Waals surface area contributed by atoms with E-state index in [1.807, 2.05) is 0 Å². The van der Waals surface area contributed by atoms with Crippen LogP contribution < -0.4 is 0 Å². The third-order valence-corrected chi connectivity index (χ3v) is 5.57. The fourth-order valence-electron chi connectivity index (χ4n) is 3.53. The van der Waals surface area contributed by atoms with Crippen molar-refractivity contribution in [3.8, 4) is 0 Å². The molecule has 0 unspecified atom stereocenters. The van der Waals surface area contributed by atoms with Crippen molar-refractivity contribution in [2.24, 2.45) is 0 Å². The molecule has 0 radical (unpaired) electrons. The van der Waals surface area contributed by atoms with Gasteiger partial charge in [-0.1, -0.05) is 97.3 Å². The van der Waals surface area contributed by atoms with E-state index in [9.17, 15) is 9.59 Å². The lowest BCUT2D eigenvalue weighted by molar-refractivity contribution is 0.0483. The number of carbonyl (C=O) groups excluding carboxylic acids is 2. The lowest BCUT2D eigenvalue weighted by atomic mass is 10.1. The predicted molar refractivity (Wildman–Crippen MR) is 128 cm³/mol. The van der Waals surface area contributed by atoms with Gasteiger partial charge in [0.15, 0.2) is 0 Å². The molecule has 0 aliphatic carbocycles. The van der Waals surface area contributed by atoms with Crippen molar-refractivity contribution in [2.75, 3.05) is 13.2 Å². The molecule has 0 aromatic heterocycles. The average Bonchev–Trinajstić information content (AvgIpc) is 2.79. The van der Waals surface area contributed by atoms with Crippen molar-refractivity contribution in [1.82, 2.24) is 0 Å². The van der Waals surface area contributed by atoms with Gasteiger partial charge in [-0.25, -0.2) is 9.59 Å². The molecular formula is C27H44O4. The van der Waals surface area contributed by atoms with E-state index in [2.05, 4.69) is 13.8 Å². The minimum absolute atomic E-state index is 0.328. The normalized spacial score (nSPS) is 10.8. The highest BCUT2D eigenvalue weighted by molar-refractivity contribution is 5.93. The summed E-state index contributed by atoms with van der Waals surface area (Å²) in [6.07, 6.45) is 18.0. The number of rotatable bonds is 19. The number of benzene rings is 1. The molecule has 0 saturated carbocycles. The first-order chi connectivity index (χ1) is 15.2. The molecule has 4 nitrogen and oxygen atoms in total. The van der Waals surface area contributed by atoms with Crippen LogP contribution in [0.15, 0.2) is 24.3 Å². The van der Waals surface area contributed by atoms with Crippen LogP contribution >= 0.6 is 0 Å². The highest BCUT2D eigenvalue weighted by Crippen LogP contribution is 2.11. The SMILES string of the molecule is CCCCCCCCCCOC(=O)c1ccc(C(=O)OCCCCCCCCC)cc1. The minimum atomic E-state index is -0.329.